The van der Waals surface area contributed by atoms with Crippen molar-refractivity contribution in [3.8, 4) is 0 Å². The number of quaternary nitrogens is 1. The van der Waals surface area contributed by atoms with E-state index in [1.165, 1.54) is 69.7 Å². The molecule has 2 heteroatoms. The van der Waals surface area contributed by atoms with Gasteiger partial charge in [-0.1, -0.05) is 19.3 Å². The number of nitrogens with one attached hydrogen (secondary N) is 1. The van der Waals surface area contributed by atoms with E-state index in [-0.39, 0.29) is 0 Å². The van der Waals surface area contributed by atoms with Crippen LogP contribution >= 0.6 is 0 Å². The molecule has 2 rings (SSSR count). The lowest BCUT2D eigenvalue weighted by molar-refractivity contribution is -0.858. The first-order valence-corrected chi connectivity index (χ1v) is 6.23. The lowest BCUT2D eigenvalue weighted by Crippen LogP contribution is -3.10. The Morgan fingerprint density at radius 1 is 1.07 bits per heavy atom. The van der Waals surface area contributed by atoms with Crippen LogP contribution in [0.25, 0.3) is 0 Å². The highest BCUT2D eigenvalue weighted by Gasteiger charge is 2.20. The maximum Gasteiger partial charge on any atom is 0.0660 e. The van der Waals surface area contributed by atoms with Crippen LogP contribution in [0, 0.1) is 13.0 Å². The van der Waals surface area contributed by atoms with E-state index in [1.807, 2.05) is 0 Å². The van der Waals surface area contributed by atoms with Crippen LogP contribution in [0.2, 0.25) is 0 Å². The molecule has 1 saturated carbocycles. The zero-order valence-corrected chi connectivity index (χ0v) is 9.30. The lowest BCUT2D eigenvalue weighted by atomic mass is 9.89. The summed E-state index contributed by atoms with van der Waals surface area (Å²) in [6.45, 7) is 6.40. The van der Waals surface area contributed by atoms with E-state index in [1.54, 1.807) is 0 Å². The fourth-order valence-corrected chi connectivity index (χ4v) is 2.79. The first-order chi connectivity index (χ1) is 6.84. The van der Waals surface area contributed by atoms with Gasteiger partial charge in [-0.05, 0) is 18.8 Å². The predicted molar refractivity (Wildman–Crippen MR) is 59.1 cm³/mol. The molecule has 1 aliphatic heterocycles. The van der Waals surface area contributed by atoms with Crippen LogP contribution in [0.1, 0.15) is 32.1 Å². The Labute approximate surface area is 88.3 Å². The minimum absolute atomic E-state index is 1.01. The van der Waals surface area contributed by atoms with E-state index < -0.39 is 0 Å². The molecular formula is C12H24N2. The fraction of sp³-hybridized carbons (Fsp3) is 0.917. The second-order valence-electron chi connectivity index (χ2n) is 5.05. The summed E-state index contributed by atoms with van der Waals surface area (Å²) < 4.78 is 0. The summed E-state index contributed by atoms with van der Waals surface area (Å²) in [5.41, 5.74) is 0. The van der Waals surface area contributed by atoms with Crippen molar-refractivity contribution in [2.45, 2.75) is 32.1 Å². The molecule has 1 N–H and O–H groups in total. The van der Waals surface area contributed by atoms with E-state index in [0.29, 0.717) is 0 Å². The van der Waals surface area contributed by atoms with E-state index in [0.717, 1.165) is 5.92 Å². The summed E-state index contributed by atoms with van der Waals surface area (Å²) in [7, 11) is 4.07. The molecule has 1 heterocycles. The fourth-order valence-electron chi connectivity index (χ4n) is 2.79. The molecule has 0 atom stereocenters. The monoisotopic (exact) mass is 196 g/mol. The standard InChI is InChI=1S/C12H24N2/c1-13-7-9-14(10-8-13)11-12-5-3-2-4-6-12/h12-13H,1-11H2. The molecule has 0 bridgehead atoms. The number of nitrogens with zero attached hydrogens (tertiary/aromatic N) is 1. The van der Waals surface area contributed by atoms with Crippen LogP contribution in [-0.2, 0) is 0 Å². The molecule has 0 radical (unpaired) electrons. The highest BCUT2D eigenvalue weighted by Crippen LogP contribution is 2.24. The van der Waals surface area contributed by atoms with Gasteiger partial charge in [0, 0.05) is 19.6 Å². The number of rotatable bonds is 2. The molecule has 0 aromatic heterocycles. The number of hydrogen-bond donors (Lipinski definition) is 1. The van der Waals surface area contributed by atoms with Gasteiger partial charge in [0.2, 0.25) is 0 Å². The van der Waals surface area contributed by atoms with E-state index >= 15 is 0 Å². The normalized spacial score (nSPS) is 28.1. The number of piperazine rings is 1. The average Bonchev–Trinajstić information content (AvgIpc) is 2.23. The van der Waals surface area contributed by atoms with Crippen LogP contribution in [0.15, 0.2) is 0 Å². The molecule has 0 aromatic rings. The largest absolute Gasteiger partial charge is 0.466 e. The molecule has 2 fully saturated rings. The quantitative estimate of drug-likeness (QED) is 0.634. The van der Waals surface area contributed by atoms with Gasteiger partial charge in [-0.3, -0.25) is 4.90 Å². The molecule has 2 aliphatic rings. The van der Waals surface area contributed by atoms with Gasteiger partial charge < -0.3 is 4.90 Å². The van der Waals surface area contributed by atoms with E-state index in [9.17, 15) is 0 Å². The molecule has 1 saturated heterocycles. The van der Waals surface area contributed by atoms with Crippen LogP contribution in [0.3, 0.4) is 0 Å². The third-order valence-corrected chi connectivity index (χ3v) is 3.80. The Morgan fingerprint density at radius 3 is 2.36 bits per heavy atom. The SMILES string of the molecule is [CH2-][NH+]1CCN(CC2CCCCC2)CC1. The van der Waals surface area contributed by atoms with Gasteiger partial charge >= 0.3 is 0 Å². The smallest absolute Gasteiger partial charge is 0.0660 e. The summed E-state index contributed by atoms with van der Waals surface area (Å²) >= 11 is 0. The van der Waals surface area contributed by atoms with Gasteiger partial charge in [0.1, 0.15) is 0 Å². The molecule has 82 valence electrons. The Kier molecular flexibility index (Phi) is 3.82. The van der Waals surface area contributed by atoms with Gasteiger partial charge in [-0.25, -0.2) is 0 Å². The van der Waals surface area contributed by atoms with Gasteiger partial charge in [-0.2, -0.15) is 7.05 Å². The van der Waals surface area contributed by atoms with Crippen molar-refractivity contribution in [2.24, 2.45) is 5.92 Å². The number of hydrogen-bond acceptors (Lipinski definition) is 1. The molecule has 0 amide bonds. The molecule has 0 aromatic carbocycles. The molecular weight excluding hydrogens is 172 g/mol. The highest BCUT2D eigenvalue weighted by molar-refractivity contribution is 4.71. The topological polar surface area (TPSA) is 7.68 Å². The van der Waals surface area contributed by atoms with E-state index in [2.05, 4.69) is 11.9 Å². The van der Waals surface area contributed by atoms with Crippen LogP contribution in [-0.4, -0.2) is 37.6 Å². The van der Waals surface area contributed by atoms with Crippen molar-refractivity contribution >= 4 is 0 Å². The van der Waals surface area contributed by atoms with Crippen molar-refractivity contribution in [1.82, 2.24) is 4.90 Å². The van der Waals surface area contributed by atoms with Crippen molar-refractivity contribution in [2.75, 3.05) is 32.7 Å². The summed E-state index contributed by atoms with van der Waals surface area (Å²) in [4.78, 5) is 4.12. The minimum Gasteiger partial charge on any atom is -0.466 e. The second kappa shape index (κ2) is 5.13. The molecule has 0 unspecified atom stereocenters. The molecule has 14 heavy (non-hydrogen) atoms. The van der Waals surface area contributed by atoms with Gasteiger partial charge in [0.05, 0.1) is 13.1 Å². The van der Waals surface area contributed by atoms with Crippen LogP contribution in [0.5, 0.6) is 0 Å². The van der Waals surface area contributed by atoms with Crippen molar-refractivity contribution < 1.29 is 4.90 Å². The third-order valence-electron chi connectivity index (χ3n) is 3.80. The lowest BCUT2D eigenvalue weighted by Gasteiger charge is -2.36. The van der Waals surface area contributed by atoms with Gasteiger partial charge in [-0.15, -0.1) is 0 Å². The van der Waals surface area contributed by atoms with Crippen molar-refractivity contribution in [3.05, 3.63) is 7.05 Å². The maximum absolute atomic E-state index is 4.07. The zero-order chi connectivity index (χ0) is 9.80. The summed E-state index contributed by atoms with van der Waals surface area (Å²) in [6.07, 6.45) is 7.40. The maximum atomic E-state index is 4.07. The molecule has 1 aliphatic carbocycles. The summed E-state index contributed by atoms with van der Waals surface area (Å²) in [6, 6.07) is 0. The van der Waals surface area contributed by atoms with E-state index in [4.69, 9.17) is 0 Å². The van der Waals surface area contributed by atoms with Gasteiger partial charge in [0.15, 0.2) is 0 Å². The van der Waals surface area contributed by atoms with Crippen molar-refractivity contribution in [3.63, 3.8) is 0 Å². The highest BCUT2D eigenvalue weighted by atomic mass is 15.2. The Bertz CT molecular complexity index is 156. The zero-order valence-electron chi connectivity index (χ0n) is 9.30. The second-order valence-corrected chi connectivity index (χ2v) is 5.05. The predicted octanol–water partition coefficient (Wildman–Crippen LogP) is 0.559. The average molecular weight is 196 g/mol. The third kappa shape index (κ3) is 2.96. The van der Waals surface area contributed by atoms with Crippen molar-refractivity contribution in [1.29, 1.82) is 0 Å². The Hall–Kier alpha value is -0.0800. The summed E-state index contributed by atoms with van der Waals surface area (Å²) in [5.74, 6) is 1.01. The minimum atomic E-state index is 1.01. The summed E-state index contributed by atoms with van der Waals surface area (Å²) in [5, 5.41) is 0. The first-order valence-electron chi connectivity index (χ1n) is 6.23. The molecule has 2 nitrogen and oxygen atoms in total. The van der Waals surface area contributed by atoms with Gasteiger partial charge in [0.25, 0.3) is 0 Å². The molecule has 0 spiro atoms. The Morgan fingerprint density at radius 2 is 1.71 bits per heavy atom. The van der Waals surface area contributed by atoms with Crippen LogP contribution < -0.4 is 4.90 Å². The first kappa shape index (κ1) is 10.4. The Balaban J connectivity index is 1.68. The van der Waals surface area contributed by atoms with Crippen LogP contribution in [0.4, 0.5) is 0 Å².